The molecule has 0 bridgehead atoms. The summed E-state index contributed by atoms with van der Waals surface area (Å²) in [6.45, 7) is 1.92. The van der Waals surface area contributed by atoms with E-state index in [1.807, 2.05) is 19.1 Å². The van der Waals surface area contributed by atoms with Gasteiger partial charge in [-0.2, -0.15) is 13.2 Å². The van der Waals surface area contributed by atoms with Crippen LogP contribution in [0.4, 0.5) is 24.5 Å². The molecular formula is C18H14BrF3N2O2S. The van der Waals surface area contributed by atoms with Crippen LogP contribution < -0.4 is 10.6 Å². The Morgan fingerprint density at radius 3 is 2.67 bits per heavy atom. The fourth-order valence-electron chi connectivity index (χ4n) is 2.55. The summed E-state index contributed by atoms with van der Waals surface area (Å²) in [6, 6.07) is 8.62. The molecule has 1 atom stereocenters. The molecule has 1 unspecified atom stereocenters. The normalized spacial score (nSPS) is 16.5. The lowest BCUT2D eigenvalue weighted by Gasteiger charge is -2.24. The van der Waals surface area contributed by atoms with E-state index in [-0.39, 0.29) is 18.0 Å². The zero-order chi connectivity index (χ0) is 19.8. The minimum atomic E-state index is -4.48. The van der Waals surface area contributed by atoms with Crippen molar-refractivity contribution in [2.24, 2.45) is 0 Å². The Hall–Kier alpha value is -2.00. The smallest absolute Gasteiger partial charge is 0.325 e. The number of rotatable bonds is 3. The highest BCUT2D eigenvalue weighted by Gasteiger charge is 2.34. The molecule has 0 fully saturated rings. The summed E-state index contributed by atoms with van der Waals surface area (Å²) in [5, 5.41) is 4.47. The molecule has 0 radical (unpaired) electrons. The number of fused-ring (bicyclic) bond motifs is 1. The molecule has 2 aromatic carbocycles. The van der Waals surface area contributed by atoms with E-state index in [4.69, 9.17) is 0 Å². The molecule has 2 amide bonds. The summed E-state index contributed by atoms with van der Waals surface area (Å²) >= 11 is 4.44. The fraction of sp³-hybridized carbons (Fsp3) is 0.222. The van der Waals surface area contributed by atoms with Gasteiger partial charge in [0.15, 0.2) is 0 Å². The third kappa shape index (κ3) is 4.65. The molecule has 0 spiro atoms. The molecule has 0 aliphatic carbocycles. The zero-order valence-electron chi connectivity index (χ0n) is 14.0. The van der Waals surface area contributed by atoms with Crippen LogP contribution in [0, 0.1) is 6.92 Å². The predicted molar refractivity (Wildman–Crippen MR) is 102 cm³/mol. The highest BCUT2D eigenvalue weighted by atomic mass is 79.9. The number of hydrogen-bond donors (Lipinski definition) is 2. The van der Waals surface area contributed by atoms with Crippen LogP contribution in [0.2, 0.25) is 0 Å². The summed E-state index contributed by atoms with van der Waals surface area (Å²) in [4.78, 5) is 25.0. The molecule has 1 aliphatic rings. The Labute approximate surface area is 166 Å². The van der Waals surface area contributed by atoms with Crippen LogP contribution in [0.25, 0.3) is 0 Å². The quantitative estimate of drug-likeness (QED) is 0.662. The maximum atomic E-state index is 12.8. The van der Waals surface area contributed by atoms with Crippen molar-refractivity contribution in [3.05, 3.63) is 52.0 Å². The largest absolute Gasteiger partial charge is 0.416 e. The van der Waals surface area contributed by atoms with Crippen LogP contribution in [0.15, 0.2) is 45.8 Å². The molecule has 9 heteroatoms. The zero-order valence-corrected chi connectivity index (χ0v) is 16.4. The van der Waals surface area contributed by atoms with Crippen molar-refractivity contribution < 1.29 is 22.8 Å². The molecule has 0 saturated carbocycles. The van der Waals surface area contributed by atoms with Crippen LogP contribution in [0.3, 0.4) is 0 Å². The Bertz CT molecular complexity index is 918. The molecule has 1 aliphatic heterocycles. The van der Waals surface area contributed by atoms with E-state index < -0.39 is 22.9 Å². The summed E-state index contributed by atoms with van der Waals surface area (Å²) < 4.78 is 39.1. The van der Waals surface area contributed by atoms with E-state index in [0.29, 0.717) is 10.6 Å². The molecule has 1 heterocycles. The average Bonchev–Trinajstić information content (AvgIpc) is 2.57. The van der Waals surface area contributed by atoms with Gasteiger partial charge in [-0.15, -0.1) is 11.8 Å². The second-order valence-corrected chi connectivity index (χ2v) is 8.14. The van der Waals surface area contributed by atoms with Crippen molar-refractivity contribution in [2.75, 3.05) is 10.6 Å². The highest BCUT2D eigenvalue weighted by molar-refractivity contribution is 9.10. The average molecular weight is 459 g/mol. The van der Waals surface area contributed by atoms with Gasteiger partial charge in [-0.1, -0.05) is 6.07 Å². The monoisotopic (exact) mass is 458 g/mol. The van der Waals surface area contributed by atoms with Crippen molar-refractivity contribution in [1.29, 1.82) is 0 Å². The Balaban J connectivity index is 1.70. The minimum absolute atomic E-state index is 0.0999. The second-order valence-electron chi connectivity index (χ2n) is 6.04. The molecule has 0 saturated heterocycles. The number of alkyl halides is 3. The minimum Gasteiger partial charge on any atom is -0.325 e. The first-order chi connectivity index (χ1) is 12.6. The van der Waals surface area contributed by atoms with E-state index >= 15 is 0 Å². The van der Waals surface area contributed by atoms with Gasteiger partial charge in [0.05, 0.1) is 22.2 Å². The van der Waals surface area contributed by atoms with Crippen molar-refractivity contribution in [3.8, 4) is 0 Å². The predicted octanol–water partition coefficient (Wildman–Crippen LogP) is 5.22. The number of halogens is 4. The molecule has 142 valence electrons. The first kappa shape index (κ1) is 19.8. The Morgan fingerprint density at radius 2 is 2.00 bits per heavy atom. The molecular weight excluding hydrogens is 445 g/mol. The van der Waals surface area contributed by atoms with Gasteiger partial charge in [-0.05, 0) is 58.7 Å². The summed E-state index contributed by atoms with van der Waals surface area (Å²) in [6.07, 6.45) is -4.58. The topological polar surface area (TPSA) is 58.2 Å². The van der Waals surface area contributed by atoms with Crippen LogP contribution in [-0.4, -0.2) is 17.1 Å². The van der Waals surface area contributed by atoms with Crippen LogP contribution in [0.5, 0.6) is 0 Å². The van der Waals surface area contributed by atoms with Crippen LogP contribution in [0.1, 0.15) is 17.5 Å². The number of anilines is 2. The van der Waals surface area contributed by atoms with Gasteiger partial charge >= 0.3 is 6.18 Å². The lowest BCUT2D eigenvalue weighted by Crippen LogP contribution is -2.32. The molecule has 4 nitrogen and oxygen atoms in total. The molecule has 2 aromatic rings. The molecule has 2 N–H and O–H groups in total. The SMILES string of the molecule is Cc1ccc(NC(=O)CC2Sc3ccc(C(F)(F)F)cc3NC2=O)c(Br)c1. The first-order valence-corrected chi connectivity index (χ1v) is 9.55. The van der Waals surface area contributed by atoms with Gasteiger partial charge in [0, 0.05) is 15.8 Å². The van der Waals surface area contributed by atoms with Crippen molar-refractivity contribution in [1.82, 2.24) is 0 Å². The number of nitrogens with one attached hydrogen (secondary N) is 2. The van der Waals surface area contributed by atoms with Gasteiger partial charge in [-0.3, -0.25) is 9.59 Å². The number of benzene rings is 2. The van der Waals surface area contributed by atoms with Gasteiger partial charge in [-0.25, -0.2) is 0 Å². The Morgan fingerprint density at radius 1 is 1.26 bits per heavy atom. The highest BCUT2D eigenvalue weighted by Crippen LogP contribution is 2.40. The molecule has 0 aromatic heterocycles. The number of carbonyl (C=O) groups is 2. The summed E-state index contributed by atoms with van der Waals surface area (Å²) in [5.41, 5.74) is 0.888. The number of carbonyl (C=O) groups excluding carboxylic acids is 2. The van der Waals surface area contributed by atoms with Gasteiger partial charge < -0.3 is 10.6 Å². The summed E-state index contributed by atoms with van der Waals surface area (Å²) in [5.74, 6) is -0.854. The van der Waals surface area contributed by atoms with E-state index in [1.165, 1.54) is 6.07 Å². The van der Waals surface area contributed by atoms with Gasteiger partial charge in [0.1, 0.15) is 0 Å². The Kier molecular flexibility index (Phi) is 5.53. The van der Waals surface area contributed by atoms with E-state index in [2.05, 4.69) is 26.6 Å². The number of aryl methyl sites for hydroxylation is 1. The second kappa shape index (κ2) is 7.55. The number of amides is 2. The number of hydrogen-bond acceptors (Lipinski definition) is 3. The van der Waals surface area contributed by atoms with Crippen molar-refractivity contribution in [3.63, 3.8) is 0 Å². The van der Waals surface area contributed by atoms with E-state index in [9.17, 15) is 22.8 Å². The number of thioether (sulfide) groups is 1. The maximum absolute atomic E-state index is 12.8. The third-order valence-corrected chi connectivity index (χ3v) is 5.83. The lowest BCUT2D eigenvalue weighted by molar-refractivity contribution is -0.137. The van der Waals surface area contributed by atoms with Crippen LogP contribution >= 0.6 is 27.7 Å². The van der Waals surface area contributed by atoms with E-state index in [1.54, 1.807) is 6.07 Å². The molecule has 27 heavy (non-hydrogen) atoms. The van der Waals surface area contributed by atoms with Gasteiger partial charge in [0.25, 0.3) is 0 Å². The maximum Gasteiger partial charge on any atom is 0.416 e. The third-order valence-electron chi connectivity index (χ3n) is 3.90. The van der Waals surface area contributed by atoms with Gasteiger partial charge in [0.2, 0.25) is 11.8 Å². The summed E-state index contributed by atoms with van der Waals surface area (Å²) in [7, 11) is 0. The van der Waals surface area contributed by atoms with Crippen LogP contribution in [-0.2, 0) is 15.8 Å². The molecule has 3 rings (SSSR count). The van der Waals surface area contributed by atoms with E-state index in [0.717, 1.165) is 33.9 Å². The fourth-order valence-corrected chi connectivity index (χ4v) is 4.24. The first-order valence-electron chi connectivity index (χ1n) is 7.88. The lowest BCUT2D eigenvalue weighted by atomic mass is 10.1. The van der Waals surface area contributed by atoms with Crippen molar-refractivity contribution >= 4 is 50.9 Å². The standard InChI is InChI=1S/C18H14BrF3N2O2S/c1-9-2-4-12(11(19)6-9)23-16(25)8-15-17(26)24-13-7-10(18(20,21)22)3-5-14(13)27-15/h2-7,15H,8H2,1H3,(H,23,25)(H,24,26). The van der Waals surface area contributed by atoms with Crippen molar-refractivity contribution in [2.45, 2.75) is 29.7 Å².